The fourth-order valence-electron chi connectivity index (χ4n) is 3.14. The summed E-state index contributed by atoms with van der Waals surface area (Å²) >= 11 is 0. The molecule has 4 nitrogen and oxygen atoms in total. The largest absolute Gasteiger partial charge is 0.365 e. The van der Waals surface area contributed by atoms with Crippen LogP contribution in [0.25, 0.3) is 0 Å². The molecule has 2 saturated heterocycles. The highest BCUT2D eigenvalue weighted by atomic mass is 35.5. The van der Waals surface area contributed by atoms with Gasteiger partial charge in [-0.25, -0.2) is 0 Å². The van der Waals surface area contributed by atoms with Crippen molar-refractivity contribution in [3.05, 3.63) is 23.5 Å². The van der Waals surface area contributed by atoms with Gasteiger partial charge in [0.1, 0.15) is 0 Å². The number of nitrogens with one attached hydrogen (secondary N) is 3. The summed E-state index contributed by atoms with van der Waals surface area (Å²) in [4.78, 5) is 15.1. The van der Waals surface area contributed by atoms with Crippen molar-refractivity contribution in [2.45, 2.75) is 50.7 Å². The fraction of sp³-hybridized carbons (Fsp3) is 0.615. The van der Waals surface area contributed by atoms with Gasteiger partial charge < -0.3 is 15.6 Å². The van der Waals surface area contributed by atoms with E-state index in [1.165, 1.54) is 12.8 Å². The van der Waals surface area contributed by atoms with E-state index < -0.39 is 0 Å². The Kier molecular flexibility index (Phi) is 3.97. The second kappa shape index (κ2) is 5.33. The van der Waals surface area contributed by atoms with Gasteiger partial charge in [0.2, 0.25) is 0 Å². The lowest BCUT2D eigenvalue weighted by Crippen LogP contribution is -2.48. The molecule has 1 aromatic rings. The molecule has 0 radical (unpaired) electrons. The molecule has 2 aliphatic heterocycles. The highest BCUT2D eigenvalue weighted by molar-refractivity contribution is 5.95. The molecule has 0 saturated carbocycles. The molecule has 2 unspecified atom stereocenters. The molecule has 0 aliphatic carbocycles. The maximum absolute atomic E-state index is 12.1. The number of hydrogen-bond acceptors (Lipinski definition) is 2. The second-order valence-electron chi connectivity index (χ2n) is 5.30. The zero-order chi connectivity index (χ0) is 11.8. The molecule has 1 amide bonds. The van der Waals surface area contributed by atoms with E-state index in [-0.39, 0.29) is 18.3 Å². The third-order valence-electron chi connectivity index (χ3n) is 4.01. The van der Waals surface area contributed by atoms with Crippen LogP contribution in [0.5, 0.6) is 0 Å². The van der Waals surface area contributed by atoms with Gasteiger partial charge in [-0.15, -0.1) is 12.4 Å². The zero-order valence-electron chi connectivity index (χ0n) is 10.5. The quantitative estimate of drug-likeness (QED) is 0.766. The number of aryl methyl sites for hydroxylation is 1. The van der Waals surface area contributed by atoms with E-state index in [1.807, 2.05) is 19.2 Å². The molecule has 2 atom stereocenters. The SMILES string of the molecule is Cc1[nH]ccc1C(=O)NC1CC2CCC(C1)N2.Cl. The topological polar surface area (TPSA) is 56.9 Å². The number of carbonyl (C=O) groups is 1. The van der Waals surface area contributed by atoms with E-state index in [4.69, 9.17) is 0 Å². The Hall–Kier alpha value is -1.00. The van der Waals surface area contributed by atoms with Crippen molar-refractivity contribution in [3.8, 4) is 0 Å². The first-order valence-corrected chi connectivity index (χ1v) is 6.43. The Morgan fingerprint density at radius 2 is 2.00 bits per heavy atom. The van der Waals surface area contributed by atoms with E-state index in [9.17, 15) is 4.79 Å². The van der Waals surface area contributed by atoms with Crippen molar-refractivity contribution >= 4 is 18.3 Å². The predicted molar refractivity (Wildman–Crippen MR) is 73.2 cm³/mol. The maximum Gasteiger partial charge on any atom is 0.253 e. The van der Waals surface area contributed by atoms with Crippen molar-refractivity contribution < 1.29 is 4.79 Å². The van der Waals surface area contributed by atoms with Gasteiger partial charge in [-0.2, -0.15) is 0 Å². The number of fused-ring (bicyclic) bond motifs is 2. The fourth-order valence-corrected chi connectivity index (χ4v) is 3.14. The van der Waals surface area contributed by atoms with Crippen molar-refractivity contribution in [2.75, 3.05) is 0 Å². The molecule has 2 fully saturated rings. The van der Waals surface area contributed by atoms with Crippen molar-refractivity contribution in [1.82, 2.24) is 15.6 Å². The summed E-state index contributed by atoms with van der Waals surface area (Å²) in [6.07, 6.45) is 6.49. The number of halogens is 1. The Morgan fingerprint density at radius 3 is 2.56 bits per heavy atom. The van der Waals surface area contributed by atoms with E-state index in [1.54, 1.807) is 0 Å². The highest BCUT2D eigenvalue weighted by Crippen LogP contribution is 2.26. The number of carbonyl (C=O) groups excluding carboxylic acids is 1. The third kappa shape index (κ3) is 2.54. The number of aromatic nitrogens is 1. The second-order valence-corrected chi connectivity index (χ2v) is 5.30. The molecule has 5 heteroatoms. The van der Waals surface area contributed by atoms with Gasteiger partial charge in [-0.3, -0.25) is 4.79 Å². The van der Waals surface area contributed by atoms with Gasteiger partial charge in [0.05, 0.1) is 5.56 Å². The van der Waals surface area contributed by atoms with Crippen LogP contribution in [0, 0.1) is 6.92 Å². The Labute approximate surface area is 113 Å². The lowest BCUT2D eigenvalue weighted by atomic mass is 9.99. The summed E-state index contributed by atoms with van der Waals surface area (Å²) < 4.78 is 0. The molecule has 0 spiro atoms. The standard InChI is InChI=1S/C13H19N3O.ClH/c1-8-12(4-5-14-8)13(17)16-11-6-9-2-3-10(7-11)15-9;/h4-5,9-11,14-15H,2-3,6-7H2,1H3,(H,16,17);1H. The normalized spacial score (nSPS) is 29.7. The van der Waals surface area contributed by atoms with Crippen LogP contribution in [0.4, 0.5) is 0 Å². The zero-order valence-corrected chi connectivity index (χ0v) is 11.3. The summed E-state index contributed by atoms with van der Waals surface area (Å²) in [5.41, 5.74) is 1.72. The summed E-state index contributed by atoms with van der Waals surface area (Å²) in [7, 11) is 0. The predicted octanol–water partition coefficient (Wildman–Crippen LogP) is 1.76. The maximum atomic E-state index is 12.1. The molecule has 3 N–H and O–H groups in total. The number of aromatic amines is 1. The summed E-state index contributed by atoms with van der Waals surface area (Å²) in [5, 5.41) is 6.75. The van der Waals surface area contributed by atoms with Crippen molar-refractivity contribution in [1.29, 1.82) is 0 Å². The van der Waals surface area contributed by atoms with Gasteiger partial charge in [-0.05, 0) is 38.7 Å². The Morgan fingerprint density at radius 1 is 1.33 bits per heavy atom. The Balaban J connectivity index is 0.00000120. The number of rotatable bonds is 2. The minimum atomic E-state index is 0. The molecule has 3 rings (SSSR count). The lowest BCUT2D eigenvalue weighted by Gasteiger charge is -2.29. The molecule has 3 heterocycles. The average Bonchev–Trinajstić information content (AvgIpc) is 2.85. The van der Waals surface area contributed by atoms with Crippen LogP contribution in [0.2, 0.25) is 0 Å². The summed E-state index contributed by atoms with van der Waals surface area (Å²) in [5.74, 6) is 0.0649. The summed E-state index contributed by atoms with van der Waals surface area (Å²) in [6.45, 7) is 1.93. The number of hydrogen-bond donors (Lipinski definition) is 3. The van der Waals surface area contributed by atoms with Crippen LogP contribution in [0.3, 0.4) is 0 Å². The monoisotopic (exact) mass is 269 g/mol. The average molecular weight is 270 g/mol. The first-order valence-electron chi connectivity index (χ1n) is 6.43. The van der Waals surface area contributed by atoms with Crippen molar-refractivity contribution in [3.63, 3.8) is 0 Å². The summed E-state index contributed by atoms with van der Waals surface area (Å²) in [6, 6.07) is 3.42. The third-order valence-corrected chi connectivity index (χ3v) is 4.01. The molecule has 18 heavy (non-hydrogen) atoms. The minimum absolute atomic E-state index is 0. The van der Waals surface area contributed by atoms with Crippen LogP contribution in [-0.4, -0.2) is 29.0 Å². The molecule has 100 valence electrons. The van der Waals surface area contributed by atoms with Gasteiger partial charge in [0.15, 0.2) is 0 Å². The van der Waals surface area contributed by atoms with Gasteiger partial charge in [0, 0.05) is 30.0 Å². The van der Waals surface area contributed by atoms with E-state index in [2.05, 4.69) is 15.6 Å². The van der Waals surface area contributed by atoms with Crippen LogP contribution in [-0.2, 0) is 0 Å². The van der Waals surface area contributed by atoms with Gasteiger partial charge in [0.25, 0.3) is 5.91 Å². The van der Waals surface area contributed by atoms with Gasteiger partial charge in [-0.1, -0.05) is 0 Å². The van der Waals surface area contributed by atoms with Crippen molar-refractivity contribution in [2.24, 2.45) is 0 Å². The smallest absolute Gasteiger partial charge is 0.253 e. The first kappa shape index (κ1) is 13.4. The van der Waals surface area contributed by atoms with E-state index in [0.29, 0.717) is 18.1 Å². The molecule has 1 aromatic heterocycles. The number of amides is 1. The Bertz CT molecular complexity index is 420. The van der Waals surface area contributed by atoms with Crippen LogP contribution < -0.4 is 10.6 Å². The molecular formula is C13H20ClN3O. The molecule has 2 bridgehead atoms. The van der Waals surface area contributed by atoms with Crippen LogP contribution >= 0.6 is 12.4 Å². The minimum Gasteiger partial charge on any atom is -0.365 e. The number of piperidine rings is 1. The molecular weight excluding hydrogens is 250 g/mol. The van der Waals surface area contributed by atoms with Crippen LogP contribution in [0.15, 0.2) is 12.3 Å². The number of H-pyrrole nitrogens is 1. The van der Waals surface area contributed by atoms with Crippen LogP contribution in [0.1, 0.15) is 41.7 Å². The molecule has 0 aromatic carbocycles. The van der Waals surface area contributed by atoms with E-state index >= 15 is 0 Å². The highest BCUT2D eigenvalue weighted by Gasteiger charge is 2.34. The lowest BCUT2D eigenvalue weighted by molar-refractivity contribution is 0.0923. The van der Waals surface area contributed by atoms with E-state index in [0.717, 1.165) is 24.1 Å². The first-order chi connectivity index (χ1) is 8.22. The molecule has 2 aliphatic rings. The van der Waals surface area contributed by atoms with Gasteiger partial charge >= 0.3 is 0 Å².